The van der Waals surface area contributed by atoms with Crippen LogP contribution in [-0.2, 0) is 50.1 Å². The van der Waals surface area contributed by atoms with Crippen LogP contribution in [0.15, 0.2) is 65.3 Å². The predicted molar refractivity (Wildman–Crippen MR) is 287 cm³/mol. The molecule has 0 saturated carbocycles. The molecule has 0 aromatic heterocycles. The molecule has 1 fully saturated rings. The van der Waals surface area contributed by atoms with Crippen LogP contribution in [0.5, 0.6) is 0 Å². The molecule has 0 spiro atoms. The third-order valence-electron chi connectivity index (χ3n) is 14.3. The second-order valence-electron chi connectivity index (χ2n) is 20.7. The first kappa shape index (κ1) is 57.7. The van der Waals surface area contributed by atoms with Gasteiger partial charge in [0.1, 0.15) is 6.67 Å². The number of ether oxygens (including phenoxy) is 1. The quantitative estimate of drug-likeness (QED) is 0.134. The van der Waals surface area contributed by atoms with E-state index in [0.29, 0.717) is 36.8 Å². The Hall–Kier alpha value is -3.60. The number of rotatable bonds is 12. The van der Waals surface area contributed by atoms with Gasteiger partial charge in [0.2, 0.25) is 0 Å². The maximum atomic E-state index is 12.3. The first-order valence-corrected chi connectivity index (χ1v) is 26.4. The predicted octanol–water partition coefficient (Wildman–Crippen LogP) is 14.9. The van der Waals surface area contributed by atoms with Gasteiger partial charge in [0, 0.05) is 58.3 Å². The highest BCUT2D eigenvalue weighted by molar-refractivity contribution is 5.42. The van der Waals surface area contributed by atoms with Crippen LogP contribution >= 0.6 is 0 Å². The van der Waals surface area contributed by atoms with E-state index >= 15 is 0 Å². The number of benzene rings is 3. The Labute approximate surface area is 411 Å². The maximum absolute atomic E-state index is 12.3. The summed E-state index contributed by atoms with van der Waals surface area (Å²) in [6.07, 6.45) is 7.91. The third-order valence-corrected chi connectivity index (χ3v) is 14.3. The lowest BCUT2D eigenvalue weighted by molar-refractivity contribution is -0.0480. The second-order valence-corrected chi connectivity index (χ2v) is 20.7. The minimum absolute atomic E-state index is 0.237. The molecule has 0 aliphatic carbocycles. The SMILES string of the molecule is CC.CC(C)c1ccc2c(c1)CCN(CCF)C2.CC/C(C)=C/C(C)=C(\C)C(C)C.CCc1cc2c(cc1C(C)C)CCN(CC#N)C2.Cc1cc2c(cc1C(C)C)CCN(CC1COC1)C2. The van der Waals surface area contributed by atoms with Crippen LogP contribution in [0.1, 0.15) is 189 Å². The molecule has 0 unspecified atom stereocenters. The van der Waals surface area contributed by atoms with Gasteiger partial charge in [0.15, 0.2) is 0 Å². The van der Waals surface area contributed by atoms with Gasteiger partial charge >= 0.3 is 0 Å². The van der Waals surface area contributed by atoms with Gasteiger partial charge in [-0.15, -0.1) is 0 Å². The van der Waals surface area contributed by atoms with Crippen molar-refractivity contribution in [3.8, 4) is 6.07 Å². The van der Waals surface area contributed by atoms with Crippen molar-refractivity contribution in [3.63, 3.8) is 0 Å². The minimum Gasteiger partial charge on any atom is -0.381 e. The van der Waals surface area contributed by atoms with Gasteiger partial charge in [-0.2, -0.15) is 5.26 Å². The van der Waals surface area contributed by atoms with E-state index in [2.05, 4.69) is 166 Å². The van der Waals surface area contributed by atoms with Crippen molar-refractivity contribution >= 4 is 0 Å². The van der Waals surface area contributed by atoms with E-state index in [1.807, 2.05) is 13.8 Å². The van der Waals surface area contributed by atoms with Crippen LogP contribution < -0.4 is 0 Å². The van der Waals surface area contributed by atoms with E-state index < -0.39 is 0 Å². The van der Waals surface area contributed by atoms with Crippen LogP contribution in [-0.4, -0.2) is 73.9 Å². The number of aryl methyl sites for hydroxylation is 2. The van der Waals surface area contributed by atoms with Crippen molar-refractivity contribution in [1.82, 2.24) is 14.7 Å². The minimum atomic E-state index is -0.237. The fraction of sp³-hybridized carbons (Fsp3) is 0.623. The summed E-state index contributed by atoms with van der Waals surface area (Å²) in [7, 11) is 0. The van der Waals surface area contributed by atoms with Crippen LogP contribution in [0.3, 0.4) is 0 Å². The van der Waals surface area contributed by atoms with E-state index in [9.17, 15) is 4.39 Å². The summed E-state index contributed by atoms with van der Waals surface area (Å²) < 4.78 is 17.6. The molecule has 3 aromatic rings. The highest BCUT2D eigenvalue weighted by Crippen LogP contribution is 2.30. The second kappa shape index (κ2) is 29.4. The molecule has 0 radical (unpaired) electrons. The van der Waals surface area contributed by atoms with E-state index in [4.69, 9.17) is 10.00 Å². The Morgan fingerprint density at radius 1 is 0.716 bits per heavy atom. The van der Waals surface area contributed by atoms with Crippen molar-refractivity contribution in [2.45, 2.75) is 180 Å². The summed E-state index contributed by atoms with van der Waals surface area (Å²) in [5, 5.41) is 8.79. The van der Waals surface area contributed by atoms with Crippen molar-refractivity contribution in [2.75, 3.05) is 59.2 Å². The fourth-order valence-corrected chi connectivity index (χ4v) is 9.50. The maximum Gasteiger partial charge on any atom is 0.102 e. The van der Waals surface area contributed by atoms with Gasteiger partial charge < -0.3 is 4.74 Å². The molecule has 4 heterocycles. The Bertz CT molecular complexity index is 2070. The topological polar surface area (TPSA) is 42.7 Å². The smallest absolute Gasteiger partial charge is 0.102 e. The van der Waals surface area contributed by atoms with Gasteiger partial charge in [-0.25, -0.2) is 4.39 Å². The van der Waals surface area contributed by atoms with Crippen molar-refractivity contribution in [2.24, 2.45) is 11.8 Å². The average molecular weight is 919 g/mol. The average Bonchev–Trinajstić information content (AvgIpc) is 3.30. The molecule has 0 N–H and O–H groups in total. The van der Waals surface area contributed by atoms with E-state index in [1.54, 1.807) is 11.1 Å². The number of allylic oxidation sites excluding steroid dienone is 4. The molecule has 1 saturated heterocycles. The number of nitrogens with zero attached hydrogens (tertiary/aromatic N) is 4. The summed E-state index contributed by atoms with van der Waals surface area (Å²) in [5.41, 5.74) is 20.7. The number of hydrogen-bond acceptors (Lipinski definition) is 5. The van der Waals surface area contributed by atoms with Gasteiger partial charge in [0.05, 0.1) is 25.8 Å². The molecule has 372 valence electrons. The normalized spacial score (nSPS) is 16.7. The summed E-state index contributed by atoms with van der Waals surface area (Å²) in [4.78, 5) is 7.03. The van der Waals surface area contributed by atoms with Gasteiger partial charge in [-0.3, -0.25) is 14.7 Å². The molecule has 7 rings (SSSR count). The van der Waals surface area contributed by atoms with Crippen LogP contribution in [0.4, 0.5) is 4.39 Å². The summed E-state index contributed by atoms with van der Waals surface area (Å²) >= 11 is 0. The highest BCUT2D eigenvalue weighted by atomic mass is 19.1. The van der Waals surface area contributed by atoms with E-state index in [0.717, 1.165) is 77.5 Å². The third kappa shape index (κ3) is 18.0. The van der Waals surface area contributed by atoms with E-state index in [1.165, 1.54) is 86.3 Å². The number of alkyl halides is 1. The Morgan fingerprint density at radius 3 is 1.79 bits per heavy atom. The first-order chi connectivity index (χ1) is 32.0. The molecule has 4 aliphatic rings. The molecular formula is C61H95FN4O. The Balaban J connectivity index is 0.000000237. The summed E-state index contributed by atoms with van der Waals surface area (Å²) in [6.45, 7) is 45.6. The lowest BCUT2D eigenvalue weighted by Crippen LogP contribution is -2.41. The van der Waals surface area contributed by atoms with Crippen LogP contribution in [0, 0.1) is 30.1 Å². The molecule has 0 bridgehead atoms. The van der Waals surface area contributed by atoms with Gasteiger partial charge in [-0.05, 0) is 145 Å². The number of hydrogen-bond donors (Lipinski definition) is 0. The zero-order valence-electron chi connectivity index (χ0n) is 45.6. The van der Waals surface area contributed by atoms with Crippen molar-refractivity contribution < 1.29 is 9.13 Å². The van der Waals surface area contributed by atoms with Crippen molar-refractivity contribution in [1.29, 1.82) is 5.26 Å². The van der Waals surface area contributed by atoms with Crippen LogP contribution in [0.25, 0.3) is 0 Å². The Morgan fingerprint density at radius 2 is 1.27 bits per heavy atom. The van der Waals surface area contributed by atoms with Gasteiger partial charge in [0.25, 0.3) is 0 Å². The zero-order chi connectivity index (χ0) is 49.8. The summed E-state index contributed by atoms with van der Waals surface area (Å²) in [5.74, 6) is 3.27. The monoisotopic (exact) mass is 919 g/mol. The lowest BCUT2D eigenvalue weighted by atomic mass is 9.88. The standard InChI is InChI=1S/C17H25NO.C16H22N2.C14H20FN.C12H22.C2H6/c1-12(2)17-7-15-4-5-18(8-14-10-19-11-14)9-16(15)6-13(17)3;1-4-13-9-15-11-18(8-6-17)7-5-14(15)10-16(13)12(2)3;1-11(2)12-3-4-14-10-16(8-6-15)7-5-13(14)9-12;1-7-10(4)8-11(5)12(6)9(2)3;1-2/h6-7,12,14H,4-5,8-11H2,1-3H3;9-10,12H,4-5,7-8,11H2,1-3H3;3-4,9,11H,5-8,10H2,1-2H3;8-9H,7H2,1-6H3;1-2H3/b;;;10-8+,12-11+;. The molecule has 3 aromatic carbocycles. The molecule has 5 nitrogen and oxygen atoms in total. The Kier molecular flexibility index (Phi) is 25.4. The lowest BCUT2D eigenvalue weighted by Gasteiger charge is -2.35. The summed E-state index contributed by atoms with van der Waals surface area (Å²) in [6, 6.07) is 18.7. The molecular weight excluding hydrogens is 824 g/mol. The fourth-order valence-electron chi connectivity index (χ4n) is 9.50. The van der Waals surface area contributed by atoms with Crippen molar-refractivity contribution in [3.05, 3.63) is 126 Å². The van der Waals surface area contributed by atoms with Crippen LogP contribution in [0.2, 0.25) is 0 Å². The molecule has 0 amide bonds. The molecule has 67 heavy (non-hydrogen) atoms. The first-order valence-electron chi connectivity index (χ1n) is 26.4. The molecule has 6 heteroatoms. The number of fused-ring (bicyclic) bond motifs is 3. The number of nitriles is 1. The highest BCUT2D eigenvalue weighted by Gasteiger charge is 2.25. The largest absolute Gasteiger partial charge is 0.381 e. The molecule has 4 aliphatic heterocycles. The van der Waals surface area contributed by atoms with E-state index in [-0.39, 0.29) is 6.67 Å². The van der Waals surface area contributed by atoms with Gasteiger partial charge in [-0.1, -0.05) is 148 Å². The number of halogens is 1. The molecule has 0 atom stereocenters. The zero-order valence-corrected chi connectivity index (χ0v) is 45.6.